The van der Waals surface area contributed by atoms with Gasteiger partial charge in [0, 0.05) is 42.6 Å². The van der Waals surface area contributed by atoms with Crippen molar-refractivity contribution in [3.8, 4) is 0 Å². The van der Waals surface area contributed by atoms with E-state index in [4.69, 9.17) is 11.6 Å². The van der Waals surface area contributed by atoms with Crippen LogP contribution in [-0.4, -0.2) is 14.1 Å². The van der Waals surface area contributed by atoms with Gasteiger partial charge < -0.3 is 9.13 Å². The predicted octanol–water partition coefficient (Wildman–Crippen LogP) is 4.17. The molecule has 0 aliphatic heterocycles. The molecule has 0 radical (unpaired) electrons. The first kappa shape index (κ1) is 16.0. The van der Waals surface area contributed by atoms with E-state index in [1.807, 2.05) is 17.1 Å². The summed E-state index contributed by atoms with van der Waals surface area (Å²) in [6.45, 7) is 3.80. The maximum atomic E-state index is 13.5. The molecule has 3 aromatic rings. The summed E-state index contributed by atoms with van der Waals surface area (Å²) in [5.74, 6) is -0.451. The third-order valence-electron chi connectivity index (χ3n) is 3.48. The van der Waals surface area contributed by atoms with Crippen molar-refractivity contribution in [2.45, 2.75) is 26.4 Å². The molecule has 3 rings (SSSR count). The van der Waals surface area contributed by atoms with Crippen molar-refractivity contribution in [2.24, 2.45) is 4.99 Å². The van der Waals surface area contributed by atoms with Crippen molar-refractivity contribution >= 4 is 28.6 Å². The summed E-state index contributed by atoms with van der Waals surface area (Å²) in [6.07, 6.45) is 6.51. The minimum absolute atomic E-state index is 0.111. The maximum absolute atomic E-state index is 13.5. The van der Waals surface area contributed by atoms with Gasteiger partial charge in [-0.05, 0) is 25.5 Å². The number of imidazole rings is 1. The van der Waals surface area contributed by atoms with Crippen LogP contribution >= 0.6 is 22.9 Å². The lowest BCUT2D eigenvalue weighted by Crippen LogP contribution is -2.17. The fourth-order valence-electron chi connectivity index (χ4n) is 2.27. The summed E-state index contributed by atoms with van der Waals surface area (Å²) in [4.78, 5) is 9.44. The minimum atomic E-state index is -0.451. The van der Waals surface area contributed by atoms with Crippen LogP contribution in [0.3, 0.4) is 0 Å². The molecule has 0 amide bonds. The molecule has 0 aliphatic rings. The molecule has 0 aliphatic carbocycles. The second-order valence-electron chi connectivity index (χ2n) is 5.18. The van der Waals surface area contributed by atoms with Gasteiger partial charge in [-0.15, -0.1) is 11.3 Å². The topological polar surface area (TPSA) is 35.1 Å². The first-order valence-corrected chi connectivity index (χ1v) is 8.50. The van der Waals surface area contributed by atoms with Gasteiger partial charge in [0.05, 0.1) is 17.0 Å². The first-order valence-electron chi connectivity index (χ1n) is 7.24. The van der Waals surface area contributed by atoms with Gasteiger partial charge in [0.25, 0.3) is 0 Å². The van der Waals surface area contributed by atoms with Gasteiger partial charge in [-0.2, -0.15) is 0 Å². The van der Waals surface area contributed by atoms with Crippen molar-refractivity contribution in [1.82, 2.24) is 14.1 Å². The normalized spacial score (nSPS) is 12.0. The zero-order chi connectivity index (χ0) is 16.2. The smallest absolute Gasteiger partial charge is 0.190 e. The van der Waals surface area contributed by atoms with E-state index < -0.39 is 5.82 Å². The molecule has 0 fully saturated rings. The van der Waals surface area contributed by atoms with E-state index in [9.17, 15) is 4.39 Å². The molecule has 120 valence electrons. The number of halogens is 2. The number of aromatic nitrogens is 3. The number of thiazole rings is 1. The zero-order valence-corrected chi connectivity index (χ0v) is 14.2. The van der Waals surface area contributed by atoms with Gasteiger partial charge in [-0.1, -0.05) is 11.6 Å². The second kappa shape index (κ2) is 7.10. The van der Waals surface area contributed by atoms with Gasteiger partial charge >= 0.3 is 0 Å². The zero-order valence-electron chi connectivity index (χ0n) is 12.6. The Kier molecular flexibility index (Phi) is 4.93. The lowest BCUT2D eigenvalue weighted by molar-refractivity contribution is 0.548. The van der Waals surface area contributed by atoms with Gasteiger partial charge in [-0.3, -0.25) is 0 Å². The molecule has 0 saturated heterocycles. The average Bonchev–Trinajstić information content (AvgIpc) is 3.15. The van der Waals surface area contributed by atoms with Gasteiger partial charge in [-0.25, -0.2) is 14.4 Å². The fraction of sp³-hybridized carbons (Fsp3) is 0.250. The van der Waals surface area contributed by atoms with Crippen molar-refractivity contribution in [2.75, 3.05) is 0 Å². The Balaban J connectivity index is 1.80. The summed E-state index contributed by atoms with van der Waals surface area (Å²) >= 11 is 7.26. The molecule has 2 aromatic heterocycles. The van der Waals surface area contributed by atoms with Crippen LogP contribution in [0, 0.1) is 12.7 Å². The minimum Gasteiger partial charge on any atom is -0.337 e. The lowest BCUT2D eigenvalue weighted by Gasteiger charge is -2.06. The molecular weight excluding hydrogens is 335 g/mol. The Labute approximate surface area is 142 Å². The molecule has 4 nitrogen and oxygen atoms in total. The van der Waals surface area contributed by atoms with Crippen LogP contribution in [0.4, 0.5) is 10.1 Å². The quantitative estimate of drug-likeness (QED) is 0.680. The Bertz CT molecular complexity index is 851. The average molecular weight is 351 g/mol. The van der Waals surface area contributed by atoms with Crippen LogP contribution in [0.25, 0.3) is 0 Å². The maximum Gasteiger partial charge on any atom is 0.190 e. The van der Waals surface area contributed by atoms with Gasteiger partial charge in [0.2, 0.25) is 0 Å². The Hall–Kier alpha value is -1.92. The van der Waals surface area contributed by atoms with E-state index in [1.54, 1.807) is 23.6 Å². The highest BCUT2D eigenvalue weighted by molar-refractivity contribution is 7.07. The third kappa shape index (κ3) is 3.89. The lowest BCUT2D eigenvalue weighted by atomic mass is 10.3. The summed E-state index contributed by atoms with van der Waals surface area (Å²) in [6, 6.07) is 4.60. The predicted molar refractivity (Wildman–Crippen MR) is 90.5 cm³/mol. The van der Waals surface area contributed by atoms with Crippen LogP contribution in [0.2, 0.25) is 5.02 Å². The van der Waals surface area contributed by atoms with Crippen LogP contribution in [0.5, 0.6) is 0 Å². The molecule has 0 bridgehead atoms. The summed E-state index contributed by atoms with van der Waals surface area (Å²) < 4.78 is 17.7. The van der Waals surface area contributed by atoms with Crippen LogP contribution in [0.15, 0.2) is 47.3 Å². The van der Waals surface area contributed by atoms with Crippen molar-refractivity contribution in [3.05, 3.63) is 63.6 Å². The van der Waals surface area contributed by atoms with E-state index in [1.165, 1.54) is 12.1 Å². The molecule has 2 heterocycles. The summed E-state index contributed by atoms with van der Waals surface area (Å²) in [7, 11) is 0. The highest BCUT2D eigenvalue weighted by Crippen LogP contribution is 2.20. The standard InChI is InChI=1S/C16H16ClFN4S/c1-12-10-23-16(20-13-3-4-14(17)15(18)9-13)22(12)7-2-6-21-8-5-19-11-21/h3-5,8-11H,2,6-7H2,1H3. The Morgan fingerprint density at radius 2 is 2.22 bits per heavy atom. The Morgan fingerprint density at radius 3 is 2.96 bits per heavy atom. The van der Waals surface area contributed by atoms with E-state index in [0.717, 1.165) is 30.0 Å². The van der Waals surface area contributed by atoms with Gasteiger partial charge in [0.15, 0.2) is 4.80 Å². The van der Waals surface area contributed by atoms with Crippen LogP contribution < -0.4 is 4.80 Å². The number of nitrogens with zero attached hydrogens (tertiary/aromatic N) is 4. The summed E-state index contributed by atoms with van der Waals surface area (Å²) in [5.41, 5.74) is 1.71. The first-order chi connectivity index (χ1) is 11.1. The molecule has 0 atom stereocenters. The number of hydrogen-bond donors (Lipinski definition) is 0. The second-order valence-corrected chi connectivity index (χ2v) is 6.42. The SMILES string of the molecule is Cc1csc(=Nc2ccc(Cl)c(F)c2)n1CCCn1ccnc1. The molecule has 23 heavy (non-hydrogen) atoms. The number of hydrogen-bond acceptors (Lipinski definition) is 3. The van der Waals surface area contributed by atoms with E-state index >= 15 is 0 Å². The Morgan fingerprint density at radius 1 is 1.35 bits per heavy atom. The highest BCUT2D eigenvalue weighted by atomic mass is 35.5. The van der Waals surface area contributed by atoms with Gasteiger partial charge in [0.1, 0.15) is 5.82 Å². The molecule has 0 saturated carbocycles. The van der Waals surface area contributed by atoms with E-state index in [2.05, 4.69) is 26.8 Å². The van der Waals surface area contributed by atoms with E-state index in [-0.39, 0.29) is 5.02 Å². The molecule has 1 aromatic carbocycles. The van der Waals surface area contributed by atoms with Crippen molar-refractivity contribution in [1.29, 1.82) is 0 Å². The van der Waals surface area contributed by atoms with Crippen LogP contribution in [0.1, 0.15) is 12.1 Å². The third-order valence-corrected chi connectivity index (χ3v) is 4.76. The highest BCUT2D eigenvalue weighted by Gasteiger charge is 2.04. The summed E-state index contributed by atoms with van der Waals surface area (Å²) in [5, 5.41) is 2.17. The number of rotatable bonds is 5. The monoisotopic (exact) mass is 350 g/mol. The molecule has 0 spiro atoms. The molecule has 7 heteroatoms. The fourth-order valence-corrected chi connectivity index (χ4v) is 3.31. The molecular formula is C16H16ClFN4S. The van der Waals surface area contributed by atoms with E-state index in [0.29, 0.717) is 5.69 Å². The molecule has 0 unspecified atom stereocenters. The molecule has 0 N–H and O–H groups in total. The number of aryl methyl sites for hydroxylation is 2. The number of benzene rings is 1. The van der Waals surface area contributed by atoms with Crippen molar-refractivity contribution in [3.63, 3.8) is 0 Å². The largest absolute Gasteiger partial charge is 0.337 e. The van der Waals surface area contributed by atoms with Crippen molar-refractivity contribution < 1.29 is 4.39 Å². The van der Waals surface area contributed by atoms with Crippen LogP contribution in [-0.2, 0) is 13.1 Å².